The second-order valence-corrected chi connectivity index (χ2v) is 13.9. The summed E-state index contributed by atoms with van der Waals surface area (Å²) in [6, 6.07) is 33.7. The minimum absolute atomic E-state index is 0.814. The van der Waals surface area contributed by atoms with Gasteiger partial charge >= 0.3 is 0 Å². The number of thioether (sulfide) groups is 1. The summed E-state index contributed by atoms with van der Waals surface area (Å²) < 4.78 is 13.0. The van der Waals surface area contributed by atoms with E-state index in [1.54, 1.807) is 0 Å². The first-order valence-electron chi connectivity index (χ1n) is 14.2. The van der Waals surface area contributed by atoms with Gasteiger partial charge in [0.1, 0.15) is 0 Å². The first-order valence-corrected chi connectivity index (χ1v) is 18.4. The lowest BCUT2D eigenvalue weighted by molar-refractivity contribution is 0.122. The highest BCUT2D eigenvalue weighted by molar-refractivity contribution is 9.10. The highest BCUT2D eigenvalue weighted by atomic mass is 79.9. The van der Waals surface area contributed by atoms with Gasteiger partial charge in [0.05, 0.1) is 26.4 Å². The van der Waals surface area contributed by atoms with Gasteiger partial charge in [-0.1, -0.05) is 108 Å². The summed E-state index contributed by atoms with van der Waals surface area (Å²) in [5, 5.41) is 0.952. The Hall–Kier alpha value is -1.46. The third kappa shape index (κ3) is 12.5. The van der Waals surface area contributed by atoms with E-state index in [9.17, 15) is 0 Å². The highest BCUT2D eigenvalue weighted by Gasteiger charge is 2.13. The second kappa shape index (κ2) is 19.1. The molecule has 0 atom stereocenters. The van der Waals surface area contributed by atoms with E-state index >= 15 is 0 Å². The fourth-order valence-electron chi connectivity index (χ4n) is 4.51. The molecule has 43 heavy (non-hydrogen) atoms. The summed E-state index contributed by atoms with van der Waals surface area (Å²) in [5.74, 6) is 1.000. The molecule has 228 valence electrons. The van der Waals surface area contributed by atoms with Gasteiger partial charge in [0, 0.05) is 67.4 Å². The minimum atomic E-state index is 0.814. The lowest BCUT2D eigenvalue weighted by Crippen LogP contribution is -2.36. The average Bonchev–Trinajstić information content (AvgIpc) is 3.05. The van der Waals surface area contributed by atoms with E-state index in [1.807, 2.05) is 36.0 Å². The van der Waals surface area contributed by atoms with Gasteiger partial charge in [-0.3, -0.25) is 0 Å². The third-order valence-electron chi connectivity index (χ3n) is 6.72. The molecular formula is C34H37Br3N2O2S2. The number of rotatable bonds is 6. The van der Waals surface area contributed by atoms with Crippen LogP contribution in [-0.2, 0) is 20.6 Å². The molecule has 2 fully saturated rings. The number of morpholine rings is 2. The van der Waals surface area contributed by atoms with Crippen LogP contribution in [0.15, 0.2) is 116 Å². The van der Waals surface area contributed by atoms with Crippen LogP contribution >= 0.6 is 72.2 Å². The van der Waals surface area contributed by atoms with Crippen molar-refractivity contribution in [2.45, 2.75) is 20.9 Å². The standard InChI is InChI=1S/C17H18BrNOS.C10H12BrNOS.C7H7Br/c18-15-10-16(19-6-8-20-9-7-19)12-17(11-15)21-13-14-4-2-1-3-5-14;11-8-5-9(7-10(14)6-8)12-1-3-13-4-2-12;8-6-7-4-2-1-3-5-7/h1-5,10-12H,6-9,13H2;5-7,14H,1-4H2;1-5H,6H2. The van der Waals surface area contributed by atoms with Crippen molar-refractivity contribution in [3.8, 4) is 0 Å². The molecule has 0 aliphatic carbocycles. The Kier molecular flexibility index (Phi) is 15.3. The maximum absolute atomic E-state index is 5.43. The Bertz CT molecular complexity index is 1350. The van der Waals surface area contributed by atoms with Crippen LogP contribution in [0.4, 0.5) is 11.4 Å². The van der Waals surface area contributed by atoms with E-state index in [0.29, 0.717) is 0 Å². The molecule has 0 saturated carbocycles. The zero-order valence-corrected chi connectivity index (χ0v) is 30.5. The van der Waals surface area contributed by atoms with E-state index in [1.165, 1.54) is 27.4 Å². The Balaban J connectivity index is 0.000000165. The largest absolute Gasteiger partial charge is 0.378 e. The first kappa shape index (κ1) is 34.4. The number of alkyl halides is 1. The molecular weight excluding hydrogens is 772 g/mol. The fourth-order valence-corrected chi connectivity index (χ4v) is 7.38. The number of hydrogen-bond donors (Lipinski definition) is 1. The smallest absolute Gasteiger partial charge is 0.0642 e. The number of thiol groups is 1. The topological polar surface area (TPSA) is 24.9 Å². The molecule has 4 aromatic carbocycles. The molecule has 2 heterocycles. The molecule has 2 aliphatic rings. The second-order valence-electron chi connectivity index (χ2n) is 9.91. The number of nitrogens with zero attached hydrogens (tertiary/aromatic N) is 2. The number of benzene rings is 4. The molecule has 4 nitrogen and oxygen atoms in total. The predicted molar refractivity (Wildman–Crippen MR) is 197 cm³/mol. The zero-order chi connectivity index (χ0) is 30.3. The molecule has 0 amide bonds. The van der Waals surface area contributed by atoms with Gasteiger partial charge in [-0.15, -0.1) is 24.4 Å². The summed E-state index contributed by atoms with van der Waals surface area (Å²) in [6.45, 7) is 7.13. The van der Waals surface area contributed by atoms with Crippen LogP contribution in [0.5, 0.6) is 0 Å². The lowest BCUT2D eigenvalue weighted by atomic mass is 10.2. The van der Waals surface area contributed by atoms with Crippen LogP contribution in [0.3, 0.4) is 0 Å². The molecule has 9 heteroatoms. The average molecular weight is 810 g/mol. The molecule has 0 aromatic heterocycles. The fraction of sp³-hybridized carbons (Fsp3) is 0.294. The summed E-state index contributed by atoms with van der Waals surface area (Å²) >= 11 is 16.7. The normalized spacial score (nSPS) is 14.7. The van der Waals surface area contributed by atoms with Gasteiger partial charge in [-0.25, -0.2) is 0 Å². The number of hydrogen-bond acceptors (Lipinski definition) is 6. The monoisotopic (exact) mass is 806 g/mol. The Morgan fingerprint density at radius 2 is 1.12 bits per heavy atom. The van der Waals surface area contributed by atoms with Crippen molar-refractivity contribution in [3.05, 3.63) is 117 Å². The van der Waals surface area contributed by atoms with Crippen LogP contribution in [0, 0.1) is 0 Å². The van der Waals surface area contributed by atoms with E-state index in [2.05, 4.69) is 143 Å². The lowest BCUT2D eigenvalue weighted by Gasteiger charge is -2.29. The van der Waals surface area contributed by atoms with E-state index in [-0.39, 0.29) is 0 Å². The van der Waals surface area contributed by atoms with Crippen molar-refractivity contribution in [2.24, 2.45) is 0 Å². The molecule has 0 unspecified atom stereocenters. The van der Waals surface area contributed by atoms with Crippen LogP contribution in [0.1, 0.15) is 11.1 Å². The summed E-state index contributed by atoms with van der Waals surface area (Å²) in [4.78, 5) is 6.99. The predicted octanol–water partition coefficient (Wildman–Crippen LogP) is 9.73. The van der Waals surface area contributed by atoms with Gasteiger partial charge in [0.2, 0.25) is 0 Å². The van der Waals surface area contributed by atoms with Crippen molar-refractivity contribution in [3.63, 3.8) is 0 Å². The van der Waals surface area contributed by atoms with Gasteiger partial charge < -0.3 is 19.3 Å². The Morgan fingerprint density at radius 3 is 1.60 bits per heavy atom. The van der Waals surface area contributed by atoms with Gasteiger partial charge in [-0.2, -0.15) is 0 Å². The van der Waals surface area contributed by atoms with Crippen molar-refractivity contribution >= 4 is 83.6 Å². The van der Waals surface area contributed by atoms with Crippen molar-refractivity contribution in [1.82, 2.24) is 0 Å². The maximum Gasteiger partial charge on any atom is 0.0642 e. The summed E-state index contributed by atoms with van der Waals surface area (Å²) in [6.07, 6.45) is 0. The number of anilines is 2. The third-order valence-corrected chi connectivity index (χ3v) is 9.59. The van der Waals surface area contributed by atoms with Crippen LogP contribution in [-0.4, -0.2) is 52.6 Å². The van der Waals surface area contributed by atoms with Crippen LogP contribution < -0.4 is 9.80 Å². The van der Waals surface area contributed by atoms with E-state index in [4.69, 9.17) is 9.47 Å². The van der Waals surface area contributed by atoms with Crippen molar-refractivity contribution in [2.75, 3.05) is 62.4 Å². The molecule has 0 spiro atoms. The Labute approximate surface area is 291 Å². The molecule has 6 rings (SSSR count). The molecule has 4 aromatic rings. The minimum Gasteiger partial charge on any atom is -0.378 e. The quantitative estimate of drug-likeness (QED) is 0.119. The molecule has 2 saturated heterocycles. The molecule has 2 aliphatic heterocycles. The van der Waals surface area contributed by atoms with Gasteiger partial charge in [0.15, 0.2) is 0 Å². The number of ether oxygens (including phenoxy) is 2. The first-order chi connectivity index (χ1) is 21.0. The maximum atomic E-state index is 5.43. The van der Waals surface area contributed by atoms with Gasteiger partial charge in [0.25, 0.3) is 0 Å². The highest BCUT2D eigenvalue weighted by Crippen LogP contribution is 2.31. The zero-order valence-electron chi connectivity index (χ0n) is 24.0. The van der Waals surface area contributed by atoms with Gasteiger partial charge in [-0.05, 0) is 47.5 Å². The summed E-state index contributed by atoms with van der Waals surface area (Å²) in [5.41, 5.74) is 5.18. The Morgan fingerprint density at radius 1 is 0.628 bits per heavy atom. The molecule has 0 radical (unpaired) electrons. The molecule has 0 bridgehead atoms. The number of halogens is 3. The van der Waals surface area contributed by atoms with E-state index < -0.39 is 0 Å². The summed E-state index contributed by atoms with van der Waals surface area (Å²) in [7, 11) is 0. The van der Waals surface area contributed by atoms with Crippen molar-refractivity contribution < 1.29 is 9.47 Å². The van der Waals surface area contributed by atoms with Crippen LogP contribution in [0.25, 0.3) is 0 Å². The van der Waals surface area contributed by atoms with Crippen molar-refractivity contribution in [1.29, 1.82) is 0 Å². The van der Waals surface area contributed by atoms with Crippen LogP contribution in [0.2, 0.25) is 0 Å². The van der Waals surface area contributed by atoms with E-state index in [0.717, 1.165) is 77.5 Å². The SMILES string of the molecule is BrCc1ccccc1.Brc1cc(SCc2ccccc2)cc(N2CCOCC2)c1.Sc1cc(Br)cc(N2CCOCC2)c1. The molecule has 0 N–H and O–H groups in total.